The van der Waals surface area contributed by atoms with E-state index in [1.807, 2.05) is 30.3 Å². The Balaban J connectivity index is 1.24. The molecule has 0 radical (unpaired) electrons. The van der Waals surface area contributed by atoms with Crippen molar-refractivity contribution in [3.05, 3.63) is 89.2 Å². The maximum atomic E-state index is 13.0. The number of pyridine rings is 1. The van der Waals surface area contributed by atoms with Gasteiger partial charge in [-0.25, -0.2) is 0 Å². The van der Waals surface area contributed by atoms with Crippen LogP contribution in [0.1, 0.15) is 49.5 Å². The molecule has 2 amide bonds. The maximum absolute atomic E-state index is 13.0. The Bertz CT molecular complexity index is 1180. The Kier molecular flexibility index (Phi) is 4.82. The van der Waals surface area contributed by atoms with E-state index in [0.29, 0.717) is 48.2 Å². The smallest absolute Gasteiger partial charge is 0.253 e. The average molecular weight is 411 g/mol. The first kappa shape index (κ1) is 19.2. The number of hydrogen-bond acceptors (Lipinski definition) is 4. The molecule has 0 atom stereocenters. The molecule has 0 saturated carbocycles. The monoisotopic (exact) mass is 411 g/mol. The Morgan fingerprint density at radius 1 is 0.871 bits per heavy atom. The Morgan fingerprint density at radius 2 is 1.61 bits per heavy atom. The molecule has 1 aliphatic heterocycles. The van der Waals surface area contributed by atoms with Crippen LogP contribution in [0.3, 0.4) is 0 Å². The number of likely N-dealkylation sites (tertiary alicyclic amines) is 1. The second-order valence-corrected chi connectivity index (χ2v) is 7.92. The summed E-state index contributed by atoms with van der Waals surface area (Å²) in [4.78, 5) is 43.9. The third kappa shape index (κ3) is 3.50. The van der Waals surface area contributed by atoms with Gasteiger partial charge < -0.3 is 10.2 Å². The van der Waals surface area contributed by atoms with Gasteiger partial charge in [-0.3, -0.25) is 19.4 Å². The number of amides is 2. The number of ketones is 1. The molecule has 1 aromatic heterocycles. The molecule has 2 aliphatic rings. The predicted octanol–water partition coefficient (Wildman–Crippen LogP) is 3.33. The lowest BCUT2D eigenvalue weighted by Gasteiger charge is -2.32. The quantitative estimate of drug-likeness (QED) is 0.561. The number of benzene rings is 2. The second kappa shape index (κ2) is 7.80. The van der Waals surface area contributed by atoms with E-state index in [4.69, 9.17) is 0 Å². The first-order chi connectivity index (χ1) is 15.1. The summed E-state index contributed by atoms with van der Waals surface area (Å²) in [5, 5.41) is 3.02. The van der Waals surface area contributed by atoms with Crippen molar-refractivity contribution in [2.75, 3.05) is 13.1 Å². The minimum Gasteiger partial charge on any atom is -0.349 e. The third-order valence-electron chi connectivity index (χ3n) is 6.01. The van der Waals surface area contributed by atoms with Crippen LogP contribution in [0, 0.1) is 0 Å². The number of nitrogens with zero attached hydrogens (tertiary/aromatic N) is 2. The first-order valence-corrected chi connectivity index (χ1v) is 10.4. The van der Waals surface area contributed by atoms with E-state index in [-0.39, 0.29) is 23.6 Å². The molecule has 1 N–H and O–H groups in total. The van der Waals surface area contributed by atoms with Crippen LogP contribution in [0.4, 0.5) is 0 Å². The van der Waals surface area contributed by atoms with Gasteiger partial charge in [0.05, 0.1) is 5.56 Å². The lowest BCUT2D eigenvalue weighted by atomic mass is 10.0. The van der Waals surface area contributed by atoms with E-state index < -0.39 is 0 Å². The molecular weight excluding hydrogens is 390 g/mol. The molecule has 2 aromatic carbocycles. The van der Waals surface area contributed by atoms with E-state index in [1.54, 1.807) is 41.6 Å². The number of carbonyl (C=O) groups is 3. The number of aromatic nitrogens is 1. The van der Waals surface area contributed by atoms with Crippen LogP contribution in [0.15, 0.2) is 67.0 Å². The van der Waals surface area contributed by atoms with Crippen molar-refractivity contribution in [1.82, 2.24) is 15.2 Å². The van der Waals surface area contributed by atoms with Crippen molar-refractivity contribution < 1.29 is 14.4 Å². The van der Waals surface area contributed by atoms with Crippen LogP contribution in [-0.4, -0.2) is 46.6 Å². The summed E-state index contributed by atoms with van der Waals surface area (Å²) in [6, 6.07) is 16.4. The molecule has 1 aliphatic carbocycles. The van der Waals surface area contributed by atoms with E-state index in [1.165, 1.54) is 0 Å². The molecule has 154 valence electrons. The Labute approximate surface area is 179 Å². The van der Waals surface area contributed by atoms with Gasteiger partial charge in [-0.1, -0.05) is 30.3 Å². The van der Waals surface area contributed by atoms with E-state index in [9.17, 15) is 14.4 Å². The maximum Gasteiger partial charge on any atom is 0.253 e. The molecule has 1 saturated heterocycles. The van der Waals surface area contributed by atoms with Crippen LogP contribution >= 0.6 is 0 Å². The fourth-order valence-electron chi connectivity index (χ4n) is 4.34. The van der Waals surface area contributed by atoms with E-state index in [0.717, 1.165) is 11.1 Å². The fourth-order valence-corrected chi connectivity index (χ4v) is 4.34. The van der Waals surface area contributed by atoms with Crippen molar-refractivity contribution in [3.63, 3.8) is 0 Å². The summed E-state index contributed by atoms with van der Waals surface area (Å²) in [5.74, 6) is -0.254. The van der Waals surface area contributed by atoms with E-state index in [2.05, 4.69) is 10.3 Å². The summed E-state index contributed by atoms with van der Waals surface area (Å²) < 4.78 is 0. The van der Waals surface area contributed by atoms with Crippen LogP contribution < -0.4 is 5.32 Å². The van der Waals surface area contributed by atoms with Crippen molar-refractivity contribution >= 4 is 17.6 Å². The zero-order chi connectivity index (χ0) is 21.4. The molecule has 3 aromatic rings. The van der Waals surface area contributed by atoms with Gasteiger partial charge in [-0.15, -0.1) is 0 Å². The highest BCUT2D eigenvalue weighted by Gasteiger charge is 2.29. The average Bonchev–Trinajstić information content (AvgIpc) is 3.11. The zero-order valence-corrected chi connectivity index (χ0v) is 16.9. The van der Waals surface area contributed by atoms with Crippen LogP contribution in [0.25, 0.3) is 11.1 Å². The van der Waals surface area contributed by atoms with Crippen LogP contribution in [-0.2, 0) is 0 Å². The van der Waals surface area contributed by atoms with Gasteiger partial charge in [-0.2, -0.15) is 0 Å². The minimum absolute atomic E-state index is 0.0212. The molecule has 2 heterocycles. The lowest BCUT2D eigenvalue weighted by molar-refractivity contribution is 0.0698. The number of carbonyl (C=O) groups excluding carboxylic acids is 3. The first-order valence-electron chi connectivity index (χ1n) is 10.4. The molecule has 6 heteroatoms. The van der Waals surface area contributed by atoms with Gasteiger partial charge in [0.1, 0.15) is 0 Å². The summed E-state index contributed by atoms with van der Waals surface area (Å²) in [7, 11) is 0. The molecule has 0 spiro atoms. The lowest BCUT2D eigenvalue weighted by Crippen LogP contribution is -2.46. The number of rotatable bonds is 3. The summed E-state index contributed by atoms with van der Waals surface area (Å²) in [6.45, 7) is 1.12. The number of piperidine rings is 1. The van der Waals surface area contributed by atoms with Crippen molar-refractivity contribution in [2.24, 2.45) is 0 Å². The summed E-state index contributed by atoms with van der Waals surface area (Å²) in [5.41, 5.74) is 4.14. The van der Waals surface area contributed by atoms with Gasteiger partial charge >= 0.3 is 0 Å². The standard InChI is InChI=1S/C25H21N3O3/c29-23-21-6-2-1-5-19(21)20-8-7-16(14-22(20)23)25(31)28-12-9-18(10-13-28)27-24(30)17-4-3-11-26-15-17/h1-8,11,14-15,18H,9-10,12-13H2,(H,27,30). The normalized spacial score (nSPS) is 15.4. The molecule has 0 unspecified atom stereocenters. The summed E-state index contributed by atoms with van der Waals surface area (Å²) >= 11 is 0. The van der Waals surface area contributed by atoms with Crippen molar-refractivity contribution in [3.8, 4) is 11.1 Å². The highest BCUT2D eigenvalue weighted by molar-refractivity contribution is 6.22. The molecular formula is C25H21N3O3. The van der Waals surface area contributed by atoms with Gasteiger partial charge in [-0.05, 0) is 48.2 Å². The topological polar surface area (TPSA) is 79.4 Å². The Hall–Kier alpha value is -3.80. The SMILES string of the molecule is O=C(NC1CCN(C(=O)c2ccc3c(c2)C(=O)c2ccccc2-3)CC1)c1cccnc1. The highest BCUT2D eigenvalue weighted by atomic mass is 16.2. The summed E-state index contributed by atoms with van der Waals surface area (Å²) in [6.07, 6.45) is 4.55. The van der Waals surface area contributed by atoms with Crippen LogP contribution in [0.5, 0.6) is 0 Å². The highest BCUT2D eigenvalue weighted by Crippen LogP contribution is 2.36. The molecule has 6 nitrogen and oxygen atoms in total. The van der Waals surface area contributed by atoms with Gasteiger partial charge in [0.25, 0.3) is 11.8 Å². The van der Waals surface area contributed by atoms with Gasteiger partial charge in [0.2, 0.25) is 0 Å². The largest absolute Gasteiger partial charge is 0.349 e. The minimum atomic E-state index is -0.144. The van der Waals surface area contributed by atoms with Crippen LogP contribution in [0.2, 0.25) is 0 Å². The third-order valence-corrected chi connectivity index (χ3v) is 6.01. The van der Waals surface area contributed by atoms with Crippen molar-refractivity contribution in [2.45, 2.75) is 18.9 Å². The second-order valence-electron chi connectivity index (χ2n) is 7.92. The number of hydrogen-bond donors (Lipinski definition) is 1. The fraction of sp³-hybridized carbons (Fsp3) is 0.200. The number of nitrogens with one attached hydrogen (secondary N) is 1. The molecule has 1 fully saturated rings. The zero-order valence-electron chi connectivity index (χ0n) is 16.9. The Morgan fingerprint density at radius 3 is 2.35 bits per heavy atom. The number of fused-ring (bicyclic) bond motifs is 3. The van der Waals surface area contributed by atoms with E-state index >= 15 is 0 Å². The van der Waals surface area contributed by atoms with Gasteiger partial charge in [0, 0.05) is 48.2 Å². The van der Waals surface area contributed by atoms with Gasteiger partial charge in [0.15, 0.2) is 5.78 Å². The van der Waals surface area contributed by atoms with Crippen molar-refractivity contribution in [1.29, 1.82) is 0 Å². The molecule has 0 bridgehead atoms. The molecule has 5 rings (SSSR count). The predicted molar refractivity (Wildman–Crippen MR) is 116 cm³/mol. The molecule has 31 heavy (non-hydrogen) atoms.